The molecule has 0 radical (unpaired) electrons. The average molecular weight is 365 g/mol. The van der Waals surface area contributed by atoms with E-state index in [9.17, 15) is 14.4 Å². The lowest BCUT2D eigenvalue weighted by Crippen LogP contribution is -2.27. The van der Waals surface area contributed by atoms with Crippen LogP contribution >= 0.6 is 0 Å². The molecule has 9 nitrogen and oxygen atoms in total. The largest absolute Gasteiger partial charge is 0.486 e. The smallest absolute Gasteiger partial charge is 0.270 e. The minimum atomic E-state index is -0.730. The molecule has 1 aliphatic rings. The first-order chi connectivity index (χ1) is 13.0. The number of primary amides is 1. The van der Waals surface area contributed by atoms with E-state index >= 15 is 0 Å². The van der Waals surface area contributed by atoms with E-state index in [-0.39, 0.29) is 30.3 Å². The zero-order valence-electron chi connectivity index (χ0n) is 14.1. The fourth-order valence-corrected chi connectivity index (χ4v) is 2.92. The lowest BCUT2D eigenvalue weighted by atomic mass is 10.0. The van der Waals surface area contributed by atoms with Crippen molar-refractivity contribution in [3.05, 3.63) is 59.0 Å². The summed E-state index contributed by atoms with van der Waals surface area (Å²) in [6, 6.07) is 8.31. The van der Waals surface area contributed by atoms with Gasteiger partial charge in [-0.3, -0.25) is 14.4 Å². The number of nitrogens with two attached hydrogens (primary N) is 1. The third-order valence-corrected chi connectivity index (χ3v) is 4.20. The second-order valence-electron chi connectivity index (χ2n) is 6.12. The summed E-state index contributed by atoms with van der Waals surface area (Å²) in [6.07, 6.45) is 1.79. The van der Waals surface area contributed by atoms with Gasteiger partial charge in [0.15, 0.2) is 11.4 Å². The summed E-state index contributed by atoms with van der Waals surface area (Å²) in [6.45, 7) is 0.324. The van der Waals surface area contributed by atoms with Crippen LogP contribution in [0.1, 0.15) is 32.1 Å². The number of amides is 2. The first-order valence-corrected chi connectivity index (χ1v) is 8.20. The van der Waals surface area contributed by atoms with Gasteiger partial charge in [-0.05, 0) is 17.7 Å². The summed E-state index contributed by atoms with van der Waals surface area (Å²) in [5.74, 6) is -0.463. The summed E-state index contributed by atoms with van der Waals surface area (Å²) in [4.78, 5) is 39.6. The van der Waals surface area contributed by atoms with Gasteiger partial charge < -0.3 is 15.8 Å². The third-order valence-electron chi connectivity index (χ3n) is 4.20. The number of carbonyl (C=O) groups excluding carboxylic acids is 3. The molecule has 4 rings (SSSR count). The van der Waals surface area contributed by atoms with Crippen LogP contribution in [0.25, 0.3) is 5.65 Å². The molecular weight excluding hydrogens is 350 g/mol. The van der Waals surface area contributed by atoms with Crippen LogP contribution in [-0.4, -0.2) is 38.8 Å². The molecule has 0 saturated heterocycles. The number of nitrogens with zero attached hydrogens (tertiary/aromatic N) is 3. The van der Waals surface area contributed by atoms with E-state index in [1.807, 2.05) is 12.1 Å². The number of hydrogen-bond donors (Lipinski definition) is 2. The molecule has 1 aromatic carbocycles. The minimum absolute atomic E-state index is 0.0144. The highest BCUT2D eigenvalue weighted by molar-refractivity contribution is 5.97. The maximum atomic E-state index is 12.6. The standard InChI is InChI=1S/C18H15N5O4/c19-17(25)13-7-14(23-16(22-13)3-4-21-23)18(26)20-8-10-1-2-15-11(5-10)6-12(24)9-27-15/h1-5,7H,6,8-9H2,(H2,19,25)(H,20,26). The number of carbonyl (C=O) groups is 3. The molecule has 0 spiro atoms. The van der Waals surface area contributed by atoms with Crippen LogP contribution in [0.15, 0.2) is 36.5 Å². The molecule has 3 heterocycles. The van der Waals surface area contributed by atoms with E-state index in [0.29, 0.717) is 17.8 Å². The molecule has 9 heteroatoms. The highest BCUT2D eigenvalue weighted by Gasteiger charge is 2.18. The molecule has 27 heavy (non-hydrogen) atoms. The Balaban J connectivity index is 1.56. The first-order valence-electron chi connectivity index (χ1n) is 8.20. The summed E-state index contributed by atoms with van der Waals surface area (Å²) in [7, 11) is 0. The van der Waals surface area contributed by atoms with Crippen LogP contribution in [0.4, 0.5) is 0 Å². The summed E-state index contributed by atoms with van der Waals surface area (Å²) in [5.41, 5.74) is 7.38. The number of fused-ring (bicyclic) bond motifs is 2. The number of Topliss-reactive ketones (excluding diaryl/α,β-unsaturated/α-hetero) is 1. The third kappa shape index (κ3) is 3.22. The second kappa shape index (κ2) is 6.52. The Morgan fingerprint density at radius 1 is 1.26 bits per heavy atom. The molecule has 0 bridgehead atoms. The van der Waals surface area contributed by atoms with Crippen molar-refractivity contribution in [3.63, 3.8) is 0 Å². The Morgan fingerprint density at radius 3 is 2.93 bits per heavy atom. The Kier molecular flexibility index (Phi) is 4.03. The van der Waals surface area contributed by atoms with Crippen molar-refractivity contribution in [2.45, 2.75) is 13.0 Å². The molecule has 0 saturated carbocycles. The molecule has 3 aromatic rings. The highest BCUT2D eigenvalue weighted by atomic mass is 16.5. The molecule has 0 aliphatic carbocycles. The van der Waals surface area contributed by atoms with Gasteiger partial charge >= 0.3 is 0 Å². The number of hydrogen-bond acceptors (Lipinski definition) is 6. The van der Waals surface area contributed by atoms with Gasteiger partial charge in [-0.2, -0.15) is 5.10 Å². The Morgan fingerprint density at radius 2 is 2.11 bits per heavy atom. The summed E-state index contributed by atoms with van der Waals surface area (Å²) in [5, 5.41) is 6.82. The number of aromatic nitrogens is 3. The molecule has 2 amide bonds. The predicted molar refractivity (Wildman–Crippen MR) is 93.3 cm³/mol. The summed E-state index contributed by atoms with van der Waals surface area (Å²) < 4.78 is 6.70. The molecule has 0 atom stereocenters. The zero-order valence-corrected chi connectivity index (χ0v) is 14.1. The molecule has 0 unspecified atom stereocenters. The fraction of sp³-hybridized carbons (Fsp3) is 0.167. The monoisotopic (exact) mass is 365 g/mol. The van der Waals surface area contributed by atoms with E-state index in [2.05, 4.69) is 15.4 Å². The average Bonchev–Trinajstić information content (AvgIpc) is 3.13. The zero-order chi connectivity index (χ0) is 19.0. The van der Waals surface area contributed by atoms with Gasteiger partial charge in [-0.1, -0.05) is 6.07 Å². The molecular formula is C18H15N5O4. The van der Waals surface area contributed by atoms with Gasteiger partial charge in [-0.15, -0.1) is 0 Å². The minimum Gasteiger partial charge on any atom is -0.486 e. The van der Waals surface area contributed by atoms with Crippen molar-refractivity contribution in [1.29, 1.82) is 0 Å². The van der Waals surface area contributed by atoms with Gasteiger partial charge in [0.25, 0.3) is 11.8 Å². The maximum absolute atomic E-state index is 12.6. The van der Waals surface area contributed by atoms with Crippen molar-refractivity contribution >= 4 is 23.2 Å². The summed E-state index contributed by atoms with van der Waals surface area (Å²) >= 11 is 0. The normalized spacial score (nSPS) is 13.1. The number of nitrogens with one attached hydrogen (secondary N) is 1. The van der Waals surface area contributed by atoms with Gasteiger partial charge in [-0.25, -0.2) is 9.50 Å². The van der Waals surface area contributed by atoms with E-state index in [0.717, 1.165) is 11.1 Å². The van der Waals surface area contributed by atoms with Crippen molar-refractivity contribution in [3.8, 4) is 5.75 Å². The van der Waals surface area contributed by atoms with Crippen LogP contribution in [0.3, 0.4) is 0 Å². The van der Waals surface area contributed by atoms with Gasteiger partial charge in [0.2, 0.25) is 0 Å². The Bertz CT molecular complexity index is 1090. The Labute approximate surface area is 153 Å². The molecule has 2 aromatic heterocycles. The maximum Gasteiger partial charge on any atom is 0.270 e. The lowest BCUT2D eigenvalue weighted by molar-refractivity contribution is -0.121. The van der Waals surface area contributed by atoms with E-state index in [1.54, 1.807) is 12.1 Å². The van der Waals surface area contributed by atoms with Crippen LogP contribution in [-0.2, 0) is 17.8 Å². The van der Waals surface area contributed by atoms with Gasteiger partial charge in [0.05, 0.1) is 6.20 Å². The van der Waals surface area contributed by atoms with Gasteiger partial charge in [0, 0.05) is 30.7 Å². The Hall–Kier alpha value is -3.75. The lowest BCUT2D eigenvalue weighted by Gasteiger charge is -2.17. The second-order valence-corrected chi connectivity index (χ2v) is 6.12. The molecule has 3 N–H and O–H groups in total. The number of ether oxygens (including phenoxy) is 1. The number of benzene rings is 1. The highest BCUT2D eigenvalue weighted by Crippen LogP contribution is 2.24. The number of ketones is 1. The topological polar surface area (TPSA) is 129 Å². The molecule has 136 valence electrons. The van der Waals surface area contributed by atoms with Crippen molar-refractivity contribution in [1.82, 2.24) is 19.9 Å². The van der Waals surface area contributed by atoms with Crippen LogP contribution in [0, 0.1) is 0 Å². The van der Waals surface area contributed by atoms with Crippen molar-refractivity contribution in [2.75, 3.05) is 6.61 Å². The van der Waals surface area contributed by atoms with Gasteiger partial charge in [0.1, 0.15) is 23.7 Å². The van der Waals surface area contributed by atoms with Crippen molar-refractivity contribution in [2.24, 2.45) is 5.73 Å². The predicted octanol–water partition coefficient (Wildman–Crippen LogP) is 0.262. The number of rotatable bonds is 4. The quantitative estimate of drug-likeness (QED) is 0.682. The van der Waals surface area contributed by atoms with E-state index in [4.69, 9.17) is 10.5 Å². The molecule has 1 aliphatic heterocycles. The SMILES string of the molecule is NC(=O)c1cc(C(=O)NCc2ccc3c(c2)CC(=O)CO3)n2nccc2n1. The van der Waals surface area contributed by atoms with E-state index in [1.165, 1.54) is 16.8 Å². The van der Waals surface area contributed by atoms with Crippen LogP contribution in [0.2, 0.25) is 0 Å². The van der Waals surface area contributed by atoms with Crippen LogP contribution in [0.5, 0.6) is 5.75 Å². The van der Waals surface area contributed by atoms with Crippen LogP contribution < -0.4 is 15.8 Å². The van der Waals surface area contributed by atoms with E-state index < -0.39 is 11.8 Å². The van der Waals surface area contributed by atoms with Crippen molar-refractivity contribution < 1.29 is 19.1 Å². The first kappa shape index (κ1) is 16.7. The fourth-order valence-electron chi connectivity index (χ4n) is 2.92. The molecule has 0 fully saturated rings.